The van der Waals surface area contributed by atoms with Gasteiger partial charge in [-0.1, -0.05) is 15.9 Å². The average molecular weight is 325 g/mol. The molecular formula is C9H11Br2NO2. The zero-order chi connectivity index (χ0) is 9.84. The van der Waals surface area contributed by atoms with Crippen molar-refractivity contribution < 1.29 is 31.4 Å². The van der Waals surface area contributed by atoms with Gasteiger partial charge < -0.3 is 22.1 Å². The van der Waals surface area contributed by atoms with Crippen LogP contribution in [0.4, 0.5) is 0 Å². The summed E-state index contributed by atoms with van der Waals surface area (Å²) in [7, 11) is 0. The normalized spacial score (nSPS) is 11.6. The molecular weight excluding hydrogens is 314 g/mol. The van der Waals surface area contributed by atoms with Gasteiger partial charge in [0.05, 0.1) is 0 Å². The summed E-state index contributed by atoms with van der Waals surface area (Å²) in [6, 6.07) is 3.87. The van der Waals surface area contributed by atoms with Crippen LogP contribution in [0, 0.1) is 6.92 Å². The molecule has 1 rings (SSSR count). The molecule has 0 aromatic carbocycles. The quantitative estimate of drug-likeness (QED) is 0.523. The van der Waals surface area contributed by atoms with Crippen LogP contribution in [-0.4, -0.2) is 15.9 Å². The van der Waals surface area contributed by atoms with Gasteiger partial charge in [0.15, 0.2) is 23.8 Å². The Morgan fingerprint density at radius 2 is 2.36 bits per heavy atom. The minimum atomic E-state index is -0.839. The fourth-order valence-electron chi connectivity index (χ4n) is 1.03. The third-order valence-corrected chi connectivity index (χ3v) is 2.33. The lowest BCUT2D eigenvalue weighted by atomic mass is 10.3. The third kappa shape index (κ3) is 4.19. The Morgan fingerprint density at radius 3 is 2.86 bits per heavy atom. The van der Waals surface area contributed by atoms with Crippen LogP contribution in [0.5, 0.6) is 0 Å². The standard InChI is InChI=1S/C9H10BrNO2.BrH/c1-7-3-2-4-11(5-7)6-8(10)9(12)13;/h2-5,8H,6H2,1H3;1H. The van der Waals surface area contributed by atoms with Crippen molar-refractivity contribution in [2.75, 3.05) is 0 Å². The second-order valence-electron chi connectivity index (χ2n) is 2.88. The lowest BCUT2D eigenvalue weighted by Crippen LogP contribution is -3.00. The van der Waals surface area contributed by atoms with Gasteiger partial charge in [-0.3, -0.25) is 4.79 Å². The molecule has 14 heavy (non-hydrogen) atoms. The lowest BCUT2D eigenvalue weighted by molar-refractivity contribution is -0.694. The number of pyridine rings is 1. The first-order valence-electron chi connectivity index (χ1n) is 3.92. The van der Waals surface area contributed by atoms with Crippen LogP contribution < -0.4 is 21.5 Å². The number of carbonyl (C=O) groups is 1. The highest BCUT2D eigenvalue weighted by Crippen LogP contribution is 1.99. The van der Waals surface area contributed by atoms with Crippen LogP contribution in [0.1, 0.15) is 5.56 Å². The molecule has 0 bridgehead atoms. The SMILES string of the molecule is Cc1ccc[n+](CC(Br)C(=O)O)c1.[Br-]. The van der Waals surface area contributed by atoms with Crippen molar-refractivity contribution in [2.45, 2.75) is 18.3 Å². The maximum absolute atomic E-state index is 10.5. The predicted molar refractivity (Wildman–Crippen MR) is 51.7 cm³/mol. The number of alkyl halides is 1. The van der Waals surface area contributed by atoms with Gasteiger partial charge in [-0.05, 0) is 13.0 Å². The van der Waals surface area contributed by atoms with Crippen molar-refractivity contribution in [1.82, 2.24) is 0 Å². The third-order valence-electron chi connectivity index (χ3n) is 1.65. The molecule has 0 amide bonds. The van der Waals surface area contributed by atoms with Crippen LogP contribution >= 0.6 is 15.9 Å². The zero-order valence-electron chi connectivity index (χ0n) is 7.65. The fraction of sp³-hybridized carbons (Fsp3) is 0.333. The molecule has 0 aliphatic rings. The first-order chi connectivity index (χ1) is 6.09. The maximum Gasteiger partial charge on any atom is 0.323 e. The Labute approximate surface area is 102 Å². The van der Waals surface area contributed by atoms with E-state index in [9.17, 15) is 4.79 Å². The first kappa shape index (κ1) is 13.6. The van der Waals surface area contributed by atoms with E-state index in [4.69, 9.17) is 5.11 Å². The van der Waals surface area contributed by atoms with E-state index in [0.717, 1.165) is 5.56 Å². The number of halogens is 2. The smallest absolute Gasteiger partial charge is 0.323 e. The number of aryl methyl sites for hydroxylation is 1. The number of aliphatic carboxylic acids is 1. The average Bonchev–Trinajstić information content (AvgIpc) is 2.04. The number of carboxylic acid groups (broad SMARTS) is 1. The molecule has 0 fully saturated rings. The molecule has 0 aliphatic heterocycles. The lowest BCUT2D eigenvalue weighted by Gasteiger charge is -2.00. The summed E-state index contributed by atoms with van der Waals surface area (Å²) in [5.41, 5.74) is 1.12. The number of nitrogens with zero attached hydrogens (tertiary/aromatic N) is 1. The van der Waals surface area contributed by atoms with Gasteiger partial charge in [-0.2, -0.15) is 0 Å². The number of carboxylic acids is 1. The largest absolute Gasteiger partial charge is 1.00 e. The molecule has 1 unspecified atom stereocenters. The minimum absolute atomic E-state index is 0. The summed E-state index contributed by atoms with van der Waals surface area (Å²) in [5.74, 6) is -0.839. The van der Waals surface area contributed by atoms with E-state index < -0.39 is 10.8 Å². The second-order valence-corrected chi connectivity index (χ2v) is 3.99. The van der Waals surface area contributed by atoms with Gasteiger partial charge in [-0.25, -0.2) is 4.57 Å². The van der Waals surface area contributed by atoms with Gasteiger partial charge in [-0.15, -0.1) is 0 Å². The molecule has 1 atom stereocenters. The highest BCUT2D eigenvalue weighted by atomic mass is 79.9. The first-order valence-corrected chi connectivity index (χ1v) is 4.84. The molecule has 1 aromatic rings. The summed E-state index contributed by atoms with van der Waals surface area (Å²) < 4.78 is 1.85. The number of hydrogen-bond donors (Lipinski definition) is 1. The second kappa shape index (κ2) is 6.14. The van der Waals surface area contributed by atoms with E-state index in [1.807, 2.05) is 36.0 Å². The molecule has 0 saturated carbocycles. The molecule has 3 nitrogen and oxygen atoms in total. The van der Waals surface area contributed by atoms with Gasteiger partial charge in [0.2, 0.25) is 0 Å². The maximum atomic E-state index is 10.5. The van der Waals surface area contributed by atoms with Crippen molar-refractivity contribution in [1.29, 1.82) is 0 Å². The Hall–Kier alpha value is -0.420. The van der Waals surface area contributed by atoms with E-state index in [1.165, 1.54) is 0 Å². The highest BCUT2D eigenvalue weighted by molar-refractivity contribution is 9.10. The summed E-state index contributed by atoms with van der Waals surface area (Å²) >= 11 is 3.08. The molecule has 0 radical (unpaired) electrons. The fourth-order valence-corrected chi connectivity index (χ4v) is 1.36. The highest BCUT2D eigenvalue weighted by Gasteiger charge is 2.17. The van der Waals surface area contributed by atoms with Gasteiger partial charge in [0.25, 0.3) is 0 Å². The minimum Gasteiger partial charge on any atom is -1.00 e. The molecule has 1 aromatic heterocycles. The van der Waals surface area contributed by atoms with Gasteiger partial charge >= 0.3 is 5.97 Å². The van der Waals surface area contributed by atoms with E-state index in [2.05, 4.69) is 15.9 Å². The Kier molecular flexibility index (Phi) is 5.95. The predicted octanol–water partition coefficient (Wildman–Crippen LogP) is -1.87. The molecule has 1 heterocycles. The van der Waals surface area contributed by atoms with Crippen molar-refractivity contribution >= 4 is 21.9 Å². The van der Waals surface area contributed by atoms with Crippen LogP contribution in [0.15, 0.2) is 24.5 Å². The summed E-state index contributed by atoms with van der Waals surface area (Å²) in [6.45, 7) is 2.41. The molecule has 5 heteroatoms. The van der Waals surface area contributed by atoms with Gasteiger partial charge in [0.1, 0.15) is 0 Å². The topological polar surface area (TPSA) is 41.2 Å². The molecule has 78 valence electrons. The number of rotatable bonds is 3. The molecule has 0 aliphatic carbocycles. The zero-order valence-corrected chi connectivity index (χ0v) is 10.8. The molecule has 1 N–H and O–H groups in total. The number of hydrogen-bond acceptors (Lipinski definition) is 1. The number of aromatic nitrogens is 1. The summed E-state index contributed by atoms with van der Waals surface area (Å²) in [4.78, 5) is 10.00. The van der Waals surface area contributed by atoms with Gasteiger partial charge in [0, 0.05) is 11.6 Å². The van der Waals surface area contributed by atoms with E-state index in [-0.39, 0.29) is 17.0 Å². The summed E-state index contributed by atoms with van der Waals surface area (Å²) in [6.07, 6.45) is 3.77. The molecule has 0 saturated heterocycles. The Balaban J connectivity index is 0.00000169. The Morgan fingerprint density at radius 1 is 1.71 bits per heavy atom. The molecule has 0 spiro atoms. The van der Waals surface area contributed by atoms with Crippen molar-refractivity contribution in [2.24, 2.45) is 0 Å². The van der Waals surface area contributed by atoms with Crippen LogP contribution in [0.2, 0.25) is 0 Å². The van der Waals surface area contributed by atoms with Crippen molar-refractivity contribution in [3.05, 3.63) is 30.1 Å². The van der Waals surface area contributed by atoms with E-state index in [0.29, 0.717) is 6.54 Å². The van der Waals surface area contributed by atoms with Crippen LogP contribution in [-0.2, 0) is 11.3 Å². The van der Waals surface area contributed by atoms with Crippen LogP contribution in [0.25, 0.3) is 0 Å². The van der Waals surface area contributed by atoms with E-state index >= 15 is 0 Å². The van der Waals surface area contributed by atoms with Crippen molar-refractivity contribution in [3.63, 3.8) is 0 Å². The van der Waals surface area contributed by atoms with Crippen molar-refractivity contribution in [3.8, 4) is 0 Å². The van der Waals surface area contributed by atoms with E-state index in [1.54, 1.807) is 0 Å². The monoisotopic (exact) mass is 323 g/mol. The Bertz CT molecular complexity index is 317. The van der Waals surface area contributed by atoms with Crippen LogP contribution in [0.3, 0.4) is 0 Å². The summed E-state index contributed by atoms with van der Waals surface area (Å²) in [5, 5.41) is 8.65.